The van der Waals surface area contributed by atoms with Crippen LogP contribution in [0.25, 0.3) is 0 Å². The normalized spacial score (nSPS) is 34.5. The van der Waals surface area contributed by atoms with E-state index >= 15 is 0 Å². The average Bonchev–Trinajstić information content (AvgIpc) is 2.43. The molecular weight excluding hydrogens is 221 g/mol. The molecule has 1 aliphatic carbocycles. The van der Waals surface area contributed by atoms with Crippen LogP contribution in [0.4, 0.5) is 0 Å². The second-order valence-electron chi connectivity index (χ2n) is 4.59. The molecule has 16 heavy (non-hydrogen) atoms. The summed E-state index contributed by atoms with van der Waals surface area (Å²) in [6.45, 7) is 1.92. The van der Waals surface area contributed by atoms with Crippen molar-refractivity contribution in [1.82, 2.24) is 4.90 Å². The van der Waals surface area contributed by atoms with E-state index in [0.29, 0.717) is 25.8 Å². The van der Waals surface area contributed by atoms with Crippen molar-refractivity contribution in [3.8, 4) is 0 Å². The summed E-state index contributed by atoms with van der Waals surface area (Å²) in [4.78, 5) is 23.9. The number of nitrogens with zero attached hydrogens (tertiary/aromatic N) is 1. The van der Waals surface area contributed by atoms with Crippen LogP contribution in [-0.2, 0) is 9.59 Å². The number of aliphatic hydroxyl groups excluding tert-OH is 1. The first-order chi connectivity index (χ1) is 6.96. The quantitative estimate of drug-likeness (QED) is 0.489. The number of hydrogen-bond donors (Lipinski definition) is 1. The molecule has 1 spiro atoms. The Morgan fingerprint density at radius 1 is 1.62 bits per heavy atom. The Balaban J connectivity index is 0.00000128. The van der Waals surface area contributed by atoms with E-state index < -0.39 is 23.5 Å². The van der Waals surface area contributed by atoms with Crippen molar-refractivity contribution in [2.75, 3.05) is 6.54 Å². The molecule has 1 heterocycles. The fourth-order valence-corrected chi connectivity index (χ4v) is 2.57. The molecule has 1 saturated carbocycles. The first-order valence-electron chi connectivity index (χ1n) is 5.16. The molecule has 2 fully saturated rings. The smallest absolute Gasteiger partial charge is 0.548 e. The molecule has 0 aromatic carbocycles. The van der Waals surface area contributed by atoms with E-state index in [0.717, 1.165) is 0 Å². The molecule has 6 heteroatoms. The van der Waals surface area contributed by atoms with Gasteiger partial charge in [0.25, 0.3) is 0 Å². The molecule has 0 aromatic rings. The zero-order valence-corrected chi connectivity index (χ0v) is 11.6. The Labute approximate surface area is 116 Å². The van der Waals surface area contributed by atoms with Crippen LogP contribution in [0.3, 0.4) is 0 Å². The van der Waals surface area contributed by atoms with Crippen molar-refractivity contribution in [3.05, 3.63) is 0 Å². The number of likely N-dealkylation sites (tertiary alicyclic amines) is 1. The number of carbonyl (C=O) groups excluding carboxylic acids is 2. The van der Waals surface area contributed by atoms with Crippen molar-refractivity contribution in [2.45, 2.75) is 38.3 Å². The Hall–Kier alpha value is -0.100. The van der Waals surface area contributed by atoms with Gasteiger partial charge in [0.15, 0.2) is 0 Å². The summed E-state index contributed by atoms with van der Waals surface area (Å²) in [6, 6.07) is -0.866. The Morgan fingerprint density at radius 2 is 2.19 bits per heavy atom. The minimum Gasteiger partial charge on any atom is -0.548 e. The third-order valence-electron chi connectivity index (χ3n) is 3.61. The molecular formula is C10H14NNaO4. The first-order valence-corrected chi connectivity index (χ1v) is 5.16. The summed E-state index contributed by atoms with van der Waals surface area (Å²) in [7, 11) is 0. The van der Waals surface area contributed by atoms with E-state index in [1.54, 1.807) is 0 Å². The van der Waals surface area contributed by atoms with Gasteiger partial charge in [-0.15, -0.1) is 0 Å². The molecule has 5 nitrogen and oxygen atoms in total. The molecule has 1 saturated heterocycles. The SMILES string of the molecule is CC(C(=O)[O-])N1CCC2(CC(O)C2)C1=O.[Na+]. The molecule has 84 valence electrons. The monoisotopic (exact) mass is 235 g/mol. The molecule has 0 bridgehead atoms. The number of hydrogen-bond acceptors (Lipinski definition) is 4. The molecule has 0 aromatic heterocycles. The minimum atomic E-state index is -1.22. The predicted octanol–water partition coefficient (Wildman–Crippen LogP) is -4.50. The predicted molar refractivity (Wildman–Crippen MR) is 48.5 cm³/mol. The number of carboxylic acid groups (broad SMARTS) is 1. The van der Waals surface area contributed by atoms with E-state index in [2.05, 4.69) is 0 Å². The van der Waals surface area contributed by atoms with Crippen LogP contribution in [0, 0.1) is 5.41 Å². The number of aliphatic hydroxyl groups is 1. The van der Waals surface area contributed by atoms with Gasteiger partial charge in [0, 0.05) is 6.54 Å². The van der Waals surface area contributed by atoms with Crippen molar-refractivity contribution < 1.29 is 49.4 Å². The summed E-state index contributed by atoms with van der Waals surface area (Å²) in [5.41, 5.74) is -0.469. The Morgan fingerprint density at radius 3 is 2.62 bits per heavy atom. The summed E-state index contributed by atoms with van der Waals surface area (Å²) in [6.07, 6.45) is 1.21. The van der Waals surface area contributed by atoms with Crippen LogP contribution in [-0.4, -0.2) is 40.6 Å². The largest absolute Gasteiger partial charge is 1.00 e. The van der Waals surface area contributed by atoms with Crippen LogP contribution >= 0.6 is 0 Å². The first kappa shape index (κ1) is 14.0. The molecule has 1 N–H and O–H groups in total. The van der Waals surface area contributed by atoms with E-state index in [4.69, 9.17) is 0 Å². The Kier molecular flexibility index (Phi) is 4.05. The fourth-order valence-electron chi connectivity index (χ4n) is 2.57. The van der Waals surface area contributed by atoms with Crippen LogP contribution in [0.2, 0.25) is 0 Å². The molecule has 1 atom stereocenters. The zero-order valence-electron chi connectivity index (χ0n) is 9.60. The summed E-state index contributed by atoms with van der Waals surface area (Å²) >= 11 is 0. The summed E-state index contributed by atoms with van der Waals surface area (Å²) in [5, 5.41) is 19.9. The van der Waals surface area contributed by atoms with E-state index in [1.807, 2.05) is 0 Å². The maximum Gasteiger partial charge on any atom is 1.00 e. The molecule has 2 rings (SSSR count). The van der Waals surface area contributed by atoms with Crippen molar-refractivity contribution in [3.63, 3.8) is 0 Å². The molecule has 1 amide bonds. The second kappa shape index (κ2) is 4.64. The van der Waals surface area contributed by atoms with Crippen molar-refractivity contribution in [2.24, 2.45) is 5.41 Å². The van der Waals surface area contributed by atoms with Gasteiger partial charge in [0.2, 0.25) is 5.91 Å². The number of rotatable bonds is 2. The summed E-state index contributed by atoms with van der Waals surface area (Å²) < 4.78 is 0. The third-order valence-corrected chi connectivity index (χ3v) is 3.61. The van der Waals surface area contributed by atoms with Gasteiger partial charge in [0.1, 0.15) is 0 Å². The van der Waals surface area contributed by atoms with Crippen LogP contribution in [0.5, 0.6) is 0 Å². The van der Waals surface area contributed by atoms with Crippen molar-refractivity contribution in [1.29, 1.82) is 0 Å². The number of aliphatic carboxylic acids is 1. The topological polar surface area (TPSA) is 80.7 Å². The second-order valence-corrected chi connectivity index (χ2v) is 4.59. The van der Waals surface area contributed by atoms with Crippen molar-refractivity contribution >= 4 is 11.9 Å². The molecule has 0 radical (unpaired) electrons. The van der Waals surface area contributed by atoms with E-state index in [9.17, 15) is 19.8 Å². The van der Waals surface area contributed by atoms with Crippen LogP contribution in [0.1, 0.15) is 26.2 Å². The van der Waals surface area contributed by atoms with E-state index in [1.165, 1.54) is 11.8 Å². The van der Waals surface area contributed by atoms with Gasteiger partial charge in [-0.1, -0.05) is 0 Å². The standard InChI is InChI=1S/C10H15NO4.Na/c1-6(8(13)14)11-3-2-10(9(11)15)4-7(12)5-10;/h6-7,12H,2-5H2,1H3,(H,13,14);/q;+1/p-1. The number of amides is 1. The van der Waals surface area contributed by atoms with Gasteiger partial charge in [-0.3, -0.25) is 4.79 Å². The minimum absolute atomic E-state index is 0. The molecule has 1 aliphatic heterocycles. The number of carboxylic acids is 1. The maximum absolute atomic E-state index is 11.9. The van der Waals surface area contributed by atoms with Gasteiger partial charge in [-0.25, -0.2) is 0 Å². The van der Waals surface area contributed by atoms with Crippen LogP contribution < -0.4 is 34.7 Å². The fraction of sp³-hybridized carbons (Fsp3) is 0.800. The van der Waals surface area contributed by atoms with Gasteiger partial charge in [-0.05, 0) is 26.2 Å². The summed E-state index contributed by atoms with van der Waals surface area (Å²) in [5.74, 6) is -1.36. The van der Waals surface area contributed by atoms with Gasteiger partial charge in [0.05, 0.1) is 23.5 Å². The third kappa shape index (κ3) is 2.01. The van der Waals surface area contributed by atoms with E-state index in [-0.39, 0.29) is 35.5 Å². The number of carbonyl (C=O) groups is 2. The van der Waals surface area contributed by atoms with Gasteiger partial charge < -0.3 is 19.9 Å². The van der Waals surface area contributed by atoms with Gasteiger partial charge >= 0.3 is 29.6 Å². The van der Waals surface area contributed by atoms with Crippen LogP contribution in [0.15, 0.2) is 0 Å². The average molecular weight is 235 g/mol. The zero-order chi connectivity index (χ0) is 11.2. The molecule has 1 unspecified atom stereocenters. The van der Waals surface area contributed by atoms with Gasteiger partial charge in [-0.2, -0.15) is 0 Å². The molecule has 2 aliphatic rings. The maximum atomic E-state index is 11.9. The Bertz CT molecular complexity index is 314.